The van der Waals surface area contributed by atoms with Gasteiger partial charge in [-0.1, -0.05) is 35.9 Å². The molecule has 0 radical (unpaired) electrons. The van der Waals surface area contributed by atoms with Crippen LogP contribution in [0.5, 0.6) is 0 Å². The molecule has 0 bridgehead atoms. The van der Waals surface area contributed by atoms with Crippen molar-refractivity contribution in [3.05, 3.63) is 82.0 Å². The van der Waals surface area contributed by atoms with Gasteiger partial charge in [-0.15, -0.1) is 0 Å². The van der Waals surface area contributed by atoms with E-state index in [2.05, 4.69) is 10.3 Å². The van der Waals surface area contributed by atoms with Gasteiger partial charge in [-0.2, -0.15) is 0 Å². The Bertz CT molecular complexity index is 1220. The van der Waals surface area contributed by atoms with Crippen LogP contribution in [0.1, 0.15) is 27.2 Å². The summed E-state index contributed by atoms with van der Waals surface area (Å²) in [5.41, 5.74) is 3.62. The second kappa shape index (κ2) is 8.04. The molecule has 6 nitrogen and oxygen atoms in total. The zero-order chi connectivity index (χ0) is 21.3. The first-order valence-electron chi connectivity index (χ1n) is 9.20. The number of amidine groups is 1. The van der Waals surface area contributed by atoms with E-state index in [0.29, 0.717) is 27.2 Å². The van der Waals surface area contributed by atoms with Crippen LogP contribution in [0, 0.1) is 13.8 Å². The van der Waals surface area contributed by atoms with Gasteiger partial charge < -0.3 is 14.8 Å². The molecule has 1 amide bonds. The van der Waals surface area contributed by atoms with Crippen LogP contribution in [0.15, 0.2) is 68.9 Å². The second-order valence-corrected chi connectivity index (χ2v) is 7.86. The molecule has 1 fully saturated rings. The summed E-state index contributed by atoms with van der Waals surface area (Å²) in [5.74, 6) is -0.407. The van der Waals surface area contributed by atoms with Crippen LogP contribution in [0.4, 0.5) is 5.69 Å². The number of furan rings is 1. The van der Waals surface area contributed by atoms with Gasteiger partial charge in [0, 0.05) is 11.6 Å². The molecule has 1 saturated heterocycles. The standard InChI is InChI=1S/C23H18N2O4S/c1-13-7-9-18(14(2)11-13)24-23-25-21(26)20(30-23)12-15-8-10-19(29-15)16-5-3-4-6-17(16)22(27)28/h3-12H,1-2H3,(H,27,28)(H,24,25,26)/b20-12-. The largest absolute Gasteiger partial charge is 0.478 e. The maximum Gasteiger partial charge on any atom is 0.336 e. The van der Waals surface area contributed by atoms with E-state index in [-0.39, 0.29) is 11.5 Å². The molecule has 0 atom stereocenters. The summed E-state index contributed by atoms with van der Waals surface area (Å²) in [6, 6.07) is 15.9. The molecule has 30 heavy (non-hydrogen) atoms. The van der Waals surface area contributed by atoms with Gasteiger partial charge in [0.15, 0.2) is 5.17 Å². The molecule has 4 rings (SSSR count). The zero-order valence-electron chi connectivity index (χ0n) is 16.3. The summed E-state index contributed by atoms with van der Waals surface area (Å²) in [5, 5.41) is 12.6. The lowest BCUT2D eigenvalue weighted by Crippen LogP contribution is -2.19. The number of carboxylic acid groups (broad SMARTS) is 1. The van der Waals surface area contributed by atoms with Crippen LogP contribution in [-0.2, 0) is 4.79 Å². The normalized spacial score (nSPS) is 16.3. The summed E-state index contributed by atoms with van der Waals surface area (Å²) in [6.45, 7) is 3.99. The quantitative estimate of drug-likeness (QED) is 0.572. The van der Waals surface area contributed by atoms with Crippen LogP contribution in [0.25, 0.3) is 17.4 Å². The molecule has 0 saturated carbocycles. The Morgan fingerprint density at radius 1 is 1.13 bits per heavy atom. The Morgan fingerprint density at radius 2 is 1.93 bits per heavy atom. The number of benzene rings is 2. The molecular weight excluding hydrogens is 400 g/mol. The third-order valence-corrected chi connectivity index (χ3v) is 5.46. The highest BCUT2D eigenvalue weighted by Gasteiger charge is 2.24. The van der Waals surface area contributed by atoms with E-state index in [0.717, 1.165) is 16.8 Å². The van der Waals surface area contributed by atoms with Gasteiger partial charge in [0.1, 0.15) is 11.5 Å². The van der Waals surface area contributed by atoms with E-state index in [1.165, 1.54) is 17.8 Å². The SMILES string of the molecule is Cc1ccc(N=C2NC(=O)/C(=C/c3ccc(-c4ccccc4C(=O)O)o3)S2)c(C)c1. The Balaban J connectivity index is 1.59. The third-order valence-electron chi connectivity index (χ3n) is 4.55. The van der Waals surface area contributed by atoms with Gasteiger partial charge >= 0.3 is 5.97 Å². The van der Waals surface area contributed by atoms with Gasteiger partial charge in [-0.3, -0.25) is 4.79 Å². The number of carbonyl (C=O) groups is 2. The Kier molecular flexibility index (Phi) is 5.29. The van der Waals surface area contributed by atoms with Crippen molar-refractivity contribution in [2.45, 2.75) is 13.8 Å². The van der Waals surface area contributed by atoms with E-state index in [4.69, 9.17) is 4.42 Å². The van der Waals surface area contributed by atoms with Crippen LogP contribution in [0.3, 0.4) is 0 Å². The lowest BCUT2D eigenvalue weighted by Gasteiger charge is -2.02. The molecule has 2 aromatic carbocycles. The molecule has 1 aliphatic rings. The number of hydrogen-bond acceptors (Lipinski definition) is 5. The van der Waals surface area contributed by atoms with E-state index in [9.17, 15) is 14.7 Å². The van der Waals surface area contributed by atoms with Gasteiger partial charge in [-0.05, 0) is 55.4 Å². The maximum atomic E-state index is 12.3. The summed E-state index contributed by atoms with van der Waals surface area (Å²) in [7, 11) is 0. The van der Waals surface area contributed by atoms with E-state index in [1.54, 1.807) is 36.4 Å². The molecule has 150 valence electrons. The number of hydrogen-bond donors (Lipinski definition) is 2. The number of rotatable bonds is 4. The fourth-order valence-corrected chi connectivity index (χ4v) is 3.92. The van der Waals surface area contributed by atoms with Crippen molar-refractivity contribution in [2.24, 2.45) is 4.99 Å². The summed E-state index contributed by atoms with van der Waals surface area (Å²) < 4.78 is 5.78. The van der Waals surface area contributed by atoms with Crippen LogP contribution in [0.2, 0.25) is 0 Å². The van der Waals surface area contributed by atoms with Crippen LogP contribution < -0.4 is 5.32 Å². The number of nitrogens with one attached hydrogen (secondary N) is 1. The smallest absolute Gasteiger partial charge is 0.336 e. The highest BCUT2D eigenvalue weighted by molar-refractivity contribution is 8.18. The van der Waals surface area contributed by atoms with Gasteiger partial charge in [-0.25, -0.2) is 9.79 Å². The number of aryl methyl sites for hydroxylation is 2. The summed E-state index contributed by atoms with van der Waals surface area (Å²) >= 11 is 1.23. The van der Waals surface area contributed by atoms with Gasteiger partial charge in [0.25, 0.3) is 5.91 Å². The summed E-state index contributed by atoms with van der Waals surface area (Å²) in [6.07, 6.45) is 1.62. The van der Waals surface area contributed by atoms with Crippen molar-refractivity contribution in [1.29, 1.82) is 0 Å². The number of carboxylic acids is 1. The minimum absolute atomic E-state index is 0.155. The second-order valence-electron chi connectivity index (χ2n) is 6.82. The van der Waals surface area contributed by atoms with Crippen molar-refractivity contribution >= 4 is 40.6 Å². The van der Waals surface area contributed by atoms with Gasteiger partial charge in [0.05, 0.1) is 16.2 Å². The average molecular weight is 418 g/mol. The predicted octanol–water partition coefficient (Wildman–Crippen LogP) is 5.15. The molecule has 2 heterocycles. The summed E-state index contributed by atoms with van der Waals surface area (Å²) in [4.78, 5) is 28.8. The Morgan fingerprint density at radius 3 is 2.70 bits per heavy atom. The molecule has 0 aliphatic carbocycles. The number of thioether (sulfide) groups is 1. The fraction of sp³-hybridized carbons (Fsp3) is 0.0870. The van der Waals surface area contributed by atoms with E-state index >= 15 is 0 Å². The number of aromatic carboxylic acids is 1. The molecular formula is C23H18N2O4S. The molecule has 0 spiro atoms. The maximum absolute atomic E-state index is 12.3. The van der Waals surface area contributed by atoms with Crippen LogP contribution >= 0.6 is 11.8 Å². The average Bonchev–Trinajstić information content (AvgIpc) is 3.31. The molecule has 1 aromatic heterocycles. The highest BCUT2D eigenvalue weighted by atomic mass is 32.2. The van der Waals surface area contributed by atoms with Crippen molar-refractivity contribution in [2.75, 3.05) is 0 Å². The van der Waals surface area contributed by atoms with E-state index in [1.807, 2.05) is 32.0 Å². The molecule has 2 N–H and O–H groups in total. The number of nitrogens with zero attached hydrogens (tertiary/aromatic N) is 1. The zero-order valence-corrected chi connectivity index (χ0v) is 17.1. The first-order chi connectivity index (χ1) is 14.4. The first-order valence-corrected chi connectivity index (χ1v) is 10.0. The minimum atomic E-state index is -1.03. The molecule has 3 aromatic rings. The predicted molar refractivity (Wildman–Crippen MR) is 118 cm³/mol. The van der Waals surface area contributed by atoms with Crippen molar-refractivity contribution in [3.63, 3.8) is 0 Å². The van der Waals surface area contributed by atoms with Crippen LogP contribution in [-0.4, -0.2) is 22.2 Å². The number of carbonyl (C=O) groups excluding carboxylic acids is 1. The topological polar surface area (TPSA) is 91.9 Å². The van der Waals surface area contributed by atoms with Gasteiger partial charge in [0.2, 0.25) is 0 Å². The Hall–Kier alpha value is -3.58. The number of aliphatic imine (C=N–C) groups is 1. The lowest BCUT2D eigenvalue weighted by molar-refractivity contribution is -0.115. The highest BCUT2D eigenvalue weighted by Crippen LogP contribution is 2.31. The fourth-order valence-electron chi connectivity index (χ4n) is 3.11. The lowest BCUT2D eigenvalue weighted by atomic mass is 10.1. The minimum Gasteiger partial charge on any atom is -0.478 e. The molecule has 1 aliphatic heterocycles. The van der Waals surface area contributed by atoms with Crippen molar-refractivity contribution < 1.29 is 19.1 Å². The Labute approximate surface area is 177 Å². The van der Waals surface area contributed by atoms with E-state index < -0.39 is 5.97 Å². The molecule has 0 unspecified atom stereocenters. The molecule has 7 heteroatoms. The third kappa shape index (κ3) is 4.06. The van der Waals surface area contributed by atoms with Crippen molar-refractivity contribution in [1.82, 2.24) is 5.32 Å². The number of amides is 1. The first kappa shape index (κ1) is 19.7. The van der Waals surface area contributed by atoms with Crippen molar-refractivity contribution in [3.8, 4) is 11.3 Å². The monoisotopic (exact) mass is 418 g/mol.